The van der Waals surface area contributed by atoms with E-state index in [1.54, 1.807) is 7.05 Å². The number of hydrogen-bond donors (Lipinski definition) is 1. The fourth-order valence-electron chi connectivity index (χ4n) is 1.51. The smallest absolute Gasteiger partial charge is 0.323 e. The first-order valence-corrected chi connectivity index (χ1v) is 5.56. The highest BCUT2D eigenvalue weighted by Crippen LogP contribution is 2.07. The molecular weight excluding hydrogens is 202 g/mol. The van der Waals surface area contributed by atoms with Gasteiger partial charge in [0.05, 0.1) is 6.61 Å². The molecule has 1 N–H and O–H groups in total. The summed E-state index contributed by atoms with van der Waals surface area (Å²) in [5, 5.41) is 2.98. The lowest BCUT2D eigenvalue weighted by Crippen LogP contribution is -2.37. The first-order chi connectivity index (χ1) is 7.67. The molecule has 0 aromatic heterocycles. The number of likely N-dealkylation sites (N-methyl/N-ethyl adjacent to an activating group) is 1. The predicted molar refractivity (Wildman–Crippen MR) is 64.4 cm³/mol. The van der Waals surface area contributed by atoms with Gasteiger partial charge in [0.2, 0.25) is 0 Å². The zero-order chi connectivity index (χ0) is 12.0. The van der Waals surface area contributed by atoms with E-state index in [1.165, 1.54) is 5.56 Å². The zero-order valence-corrected chi connectivity index (χ0v) is 10.1. The minimum atomic E-state index is -0.261. The average molecular weight is 221 g/mol. The van der Waals surface area contributed by atoms with Gasteiger partial charge in [-0.15, -0.1) is 0 Å². The first kappa shape index (κ1) is 12.7. The van der Waals surface area contributed by atoms with Gasteiger partial charge in [-0.2, -0.15) is 0 Å². The summed E-state index contributed by atoms with van der Waals surface area (Å²) in [5.74, 6) is -0.189. The van der Waals surface area contributed by atoms with Crippen LogP contribution in [-0.4, -0.2) is 25.7 Å². The van der Waals surface area contributed by atoms with Gasteiger partial charge in [-0.1, -0.05) is 29.8 Å². The van der Waals surface area contributed by atoms with E-state index in [0.29, 0.717) is 13.0 Å². The van der Waals surface area contributed by atoms with Crippen molar-refractivity contribution in [2.45, 2.75) is 26.3 Å². The van der Waals surface area contributed by atoms with Gasteiger partial charge < -0.3 is 10.1 Å². The highest BCUT2D eigenvalue weighted by Gasteiger charge is 2.17. The van der Waals surface area contributed by atoms with Gasteiger partial charge in [0.25, 0.3) is 0 Å². The number of ether oxygens (including phenoxy) is 1. The Labute approximate surface area is 96.8 Å². The number of carbonyl (C=O) groups is 1. The number of aryl methyl sites for hydroxylation is 1. The third-order valence-corrected chi connectivity index (χ3v) is 2.48. The number of nitrogens with one attached hydrogen (secondary N) is 1. The lowest BCUT2D eigenvalue weighted by Gasteiger charge is -2.14. The van der Waals surface area contributed by atoms with Crippen LogP contribution in [0.15, 0.2) is 24.3 Å². The summed E-state index contributed by atoms with van der Waals surface area (Å²) in [6.07, 6.45) is 0.662. The summed E-state index contributed by atoms with van der Waals surface area (Å²) in [5.41, 5.74) is 2.36. The van der Waals surface area contributed by atoms with E-state index in [0.717, 1.165) is 5.56 Å². The van der Waals surface area contributed by atoms with Crippen LogP contribution in [0.4, 0.5) is 0 Å². The first-order valence-electron chi connectivity index (χ1n) is 5.56. The van der Waals surface area contributed by atoms with E-state index in [9.17, 15) is 4.79 Å². The summed E-state index contributed by atoms with van der Waals surface area (Å²) in [7, 11) is 1.77. The maximum atomic E-state index is 11.6. The largest absolute Gasteiger partial charge is 0.465 e. The number of benzene rings is 1. The Balaban J connectivity index is 2.62. The summed E-state index contributed by atoms with van der Waals surface area (Å²) >= 11 is 0. The number of rotatable bonds is 5. The van der Waals surface area contributed by atoms with Gasteiger partial charge >= 0.3 is 5.97 Å². The van der Waals surface area contributed by atoms with Crippen molar-refractivity contribution in [1.82, 2.24) is 5.32 Å². The van der Waals surface area contributed by atoms with Gasteiger partial charge in [0.1, 0.15) is 6.04 Å². The van der Waals surface area contributed by atoms with Crippen molar-refractivity contribution in [2.75, 3.05) is 13.7 Å². The van der Waals surface area contributed by atoms with Crippen molar-refractivity contribution >= 4 is 5.97 Å². The molecule has 0 aliphatic carbocycles. The minimum Gasteiger partial charge on any atom is -0.465 e. The van der Waals surface area contributed by atoms with Crippen molar-refractivity contribution < 1.29 is 9.53 Å². The van der Waals surface area contributed by atoms with E-state index in [-0.39, 0.29) is 12.0 Å². The van der Waals surface area contributed by atoms with Crippen LogP contribution in [0.1, 0.15) is 18.1 Å². The Morgan fingerprint density at radius 1 is 1.38 bits per heavy atom. The average Bonchev–Trinajstić information content (AvgIpc) is 2.28. The lowest BCUT2D eigenvalue weighted by molar-refractivity contribution is -0.145. The SMILES string of the molecule is CCOC(=O)C(Cc1ccc(C)cc1)NC. The van der Waals surface area contributed by atoms with Crippen LogP contribution in [0, 0.1) is 6.92 Å². The van der Waals surface area contributed by atoms with E-state index in [2.05, 4.69) is 5.32 Å². The van der Waals surface area contributed by atoms with Crippen molar-refractivity contribution in [3.8, 4) is 0 Å². The maximum Gasteiger partial charge on any atom is 0.323 e. The second-order valence-electron chi connectivity index (χ2n) is 3.78. The number of carbonyl (C=O) groups excluding carboxylic acids is 1. The van der Waals surface area contributed by atoms with E-state index in [1.807, 2.05) is 38.1 Å². The van der Waals surface area contributed by atoms with Crippen molar-refractivity contribution in [3.05, 3.63) is 35.4 Å². The maximum absolute atomic E-state index is 11.6. The summed E-state index contributed by atoms with van der Waals surface area (Å²) in [6, 6.07) is 7.92. The monoisotopic (exact) mass is 221 g/mol. The molecule has 0 saturated carbocycles. The molecule has 88 valence electrons. The molecule has 1 unspecified atom stereocenters. The standard InChI is InChI=1S/C13H19NO2/c1-4-16-13(15)12(14-3)9-11-7-5-10(2)6-8-11/h5-8,12,14H,4,9H2,1-3H3. The fraction of sp³-hybridized carbons (Fsp3) is 0.462. The summed E-state index contributed by atoms with van der Waals surface area (Å²) in [4.78, 5) is 11.6. The molecule has 3 heteroatoms. The Hall–Kier alpha value is -1.35. The number of hydrogen-bond acceptors (Lipinski definition) is 3. The molecule has 0 bridgehead atoms. The third kappa shape index (κ3) is 3.66. The molecule has 0 aliphatic rings. The Morgan fingerprint density at radius 2 is 2.00 bits per heavy atom. The molecule has 3 nitrogen and oxygen atoms in total. The Bertz CT molecular complexity index is 332. The molecule has 1 rings (SSSR count). The topological polar surface area (TPSA) is 38.3 Å². The molecule has 1 aromatic carbocycles. The number of esters is 1. The van der Waals surface area contributed by atoms with E-state index in [4.69, 9.17) is 4.74 Å². The molecule has 0 spiro atoms. The van der Waals surface area contributed by atoms with Gasteiger partial charge in [-0.25, -0.2) is 0 Å². The van der Waals surface area contributed by atoms with Crippen molar-refractivity contribution in [2.24, 2.45) is 0 Å². The molecule has 1 atom stereocenters. The van der Waals surface area contributed by atoms with Gasteiger partial charge in [0, 0.05) is 0 Å². The van der Waals surface area contributed by atoms with Gasteiger partial charge in [-0.05, 0) is 32.9 Å². The third-order valence-electron chi connectivity index (χ3n) is 2.48. The molecule has 16 heavy (non-hydrogen) atoms. The highest BCUT2D eigenvalue weighted by molar-refractivity contribution is 5.76. The van der Waals surface area contributed by atoms with E-state index >= 15 is 0 Å². The van der Waals surface area contributed by atoms with Crippen LogP contribution in [0.3, 0.4) is 0 Å². The summed E-state index contributed by atoms with van der Waals surface area (Å²) < 4.78 is 4.99. The molecule has 1 aromatic rings. The molecule has 0 aliphatic heterocycles. The van der Waals surface area contributed by atoms with Crippen LogP contribution in [0.25, 0.3) is 0 Å². The fourth-order valence-corrected chi connectivity index (χ4v) is 1.51. The molecule has 0 fully saturated rings. The lowest BCUT2D eigenvalue weighted by atomic mass is 10.0. The van der Waals surface area contributed by atoms with Crippen molar-refractivity contribution in [1.29, 1.82) is 0 Å². The quantitative estimate of drug-likeness (QED) is 0.769. The van der Waals surface area contributed by atoms with Gasteiger partial charge in [0.15, 0.2) is 0 Å². The Morgan fingerprint density at radius 3 is 2.50 bits per heavy atom. The van der Waals surface area contributed by atoms with Crippen LogP contribution in [0.5, 0.6) is 0 Å². The second kappa shape index (κ2) is 6.28. The minimum absolute atomic E-state index is 0.189. The predicted octanol–water partition coefficient (Wildman–Crippen LogP) is 1.69. The molecular formula is C13H19NO2. The normalized spacial score (nSPS) is 12.2. The second-order valence-corrected chi connectivity index (χ2v) is 3.78. The molecule has 0 amide bonds. The van der Waals surface area contributed by atoms with Crippen LogP contribution in [0.2, 0.25) is 0 Å². The summed E-state index contributed by atoms with van der Waals surface area (Å²) in [6.45, 7) is 4.28. The molecule has 0 saturated heterocycles. The highest BCUT2D eigenvalue weighted by atomic mass is 16.5. The zero-order valence-electron chi connectivity index (χ0n) is 10.1. The molecule has 0 radical (unpaired) electrons. The van der Waals surface area contributed by atoms with Gasteiger partial charge in [-0.3, -0.25) is 4.79 Å². The van der Waals surface area contributed by atoms with Crippen LogP contribution < -0.4 is 5.32 Å². The van der Waals surface area contributed by atoms with Crippen LogP contribution in [-0.2, 0) is 16.0 Å². The Kier molecular flexibility index (Phi) is 4.99. The molecule has 0 heterocycles. The van der Waals surface area contributed by atoms with E-state index < -0.39 is 0 Å². The van der Waals surface area contributed by atoms with Crippen LogP contribution >= 0.6 is 0 Å². The van der Waals surface area contributed by atoms with Crippen molar-refractivity contribution in [3.63, 3.8) is 0 Å².